The first-order chi connectivity index (χ1) is 8.29. The van der Waals surface area contributed by atoms with Crippen LogP contribution in [0.4, 0.5) is 0 Å². The number of hydrogen-bond donors (Lipinski definition) is 0. The molecule has 1 heterocycles. The van der Waals surface area contributed by atoms with Gasteiger partial charge in [0.25, 0.3) is 0 Å². The van der Waals surface area contributed by atoms with E-state index in [2.05, 4.69) is 6.07 Å². The Labute approximate surface area is 106 Å². The topological polar surface area (TPSA) is 42.2 Å². The Morgan fingerprint density at radius 3 is 3.06 bits per heavy atom. The summed E-state index contributed by atoms with van der Waals surface area (Å²) in [5, 5.41) is 9.31. The molecule has 0 bridgehead atoms. The zero-order valence-corrected chi connectivity index (χ0v) is 10.2. The molecule has 3 nitrogen and oxygen atoms in total. The van der Waals surface area contributed by atoms with Gasteiger partial charge in [0, 0.05) is 17.5 Å². The predicted octanol–water partition coefficient (Wildman–Crippen LogP) is 2.76. The normalized spacial score (nSPS) is 19.2. The molecule has 4 heteroatoms. The Kier molecular flexibility index (Phi) is 4.38. The van der Waals surface area contributed by atoms with Crippen LogP contribution in [0.2, 0.25) is 5.02 Å². The maximum atomic E-state index is 8.72. The lowest BCUT2D eigenvalue weighted by atomic mass is 10.1. The molecule has 0 N–H and O–H groups in total. The van der Waals surface area contributed by atoms with Crippen LogP contribution in [-0.4, -0.2) is 19.8 Å². The summed E-state index contributed by atoms with van der Waals surface area (Å²) >= 11 is 6.05. The van der Waals surface area contributed by atoms with Crippen molar-refractivity contribution >= 4 is 11.6 Å². The lowest BCUT2D eigenvalue weighted by Gasteiger charge is -2.09. The van der Waals surface area contributed by atoms with Gasteiger partial charge in [0.15, 0.2) is 0 Å². The van der Waals surface area contributed by atoms with Crippen molar-refractivity contribution in [1.82, 2.24) is 0 Å². The van der Waals surface area contributed by atoms with Gasteiger partial charge in [0.05, 0.1) is 31.5 Å². The van der Waals surface area contributed by atoms with Crippen molar-refractivity contribution in [3.63, 3.8) is 0 Å². The van der Waals surface area contributed by atoms with Crippen LogP contribution in [0.1, 0.15) is 17.5 Å². The highest BCUT2D eigenvalue weighted by Gasteiger charge is 2.15. The van der Waals surface area contributed by atoms with Crippen molar-refractivity contribution in [2.24, 2.45) is 5.92 Å². The molecule has 2 rings (SSSR count). The lowest BCUT2D eigenvalue weighted by molar-refractivity contribution is 0.0792. The number of rotatable bonds is 4. The Morgan fingerprint density at radius 2 is 2.41 bits per heavy atom. The van der Waals surface area contributed by atoms with Crippen LogP contribution < -0.4 is 0 Å². The molecule has 1 aromatic rings. The van der Waals surface area contributed by atoms with Gasteiger partial charge in [-0.1, -0.05) is 17.7 Å². The van der Waals surface area contributed by atoms with Crippen LogP contribution in [0.25, 0.3) is 0 Å². The highest BCUT2D eigenvalue weighted by molar-refractivity contribution is 6.31. The Balaban J connectivity index is 1.84. The predicted molar refractivity (Wildman–Crippen MR) is 64.7 cm³/mol. The van der Waals surface area contributed by atoms with Gasteiger partial charge in [-0.3, -0.25) is 0 Å². The first kappa shape index (κ1) is 12.4. The SMILES string of the molecule is N#Cc1ccc(COCC2CCOC2)c(Cl)c1. The van der Waals surface area contributed by atoms with Crippen LogP contribution in [0.15, 0.2) is 18.2 Å². The first-order valence-corrected chi connectivity index (χ1v) is 6.01. The van der Waals surface area contributed by atoms with Gasteiger partial charge in [-0.05, 0) is 24.1 Å². The van der Waals surface area contributed by atoms with Crippen LogP contribution in [0, 0.1) is 17.2 Å². The van der Waals surface area contributed by atoms with Gasteiger partial charge in [0.2, 0.25) is 0 Å². The van der Waals surface area contributed by atoms with Crippen LogP contribution >= 0.6 is 11.6 Å². The van der Waals surface area contributed by atoms with E-state index in [0.29, 0.717) is 29.7 Å². The van der Waals surface area contributed by atoms with Gasteiger partial charge in [-0.2, -0.15) is 5.26 Å². The molecule has 0 amide bonds. The Hall–Kier alpha value is -1.08. The molecule has 0 aliphatic carbocycles. The smallest absolute Gasteiger partial charge is 0.0992 e. The van der Waals surface area contributed by atoms with Gasteiger partial charge in [-0.25, -0.2) is 0 Å². The van der Waals surface area contributed by atoms with Crippen molar-refractivity contribution in [3.8, 4) is 6.07 Å². The second-order valence-electron chi connectivity index (χ2n) is 4.16. The fourth-order valence-electron chi connectivity index (χ4n) is 1.78. The van der Waals surface area contributed by atoms with Crippen LogP contribution in [-0.2, 0) is 16.1 Å². The van der Waals surface area contributed by atoms with Crippen molar-refractivity contribution in [1.29, 1.82) is 5.26 Å². The summed E-state index contributed by atoms with van der Waals surface area (Å²) < 4.78 is 10.9. The fourth-order valence-corrected chi connectivity index (χ4v) is 2.02. The number of nitriles is 1. The van der Waals surface area contributed by atoms with Crippen LogP contribution in [0.3, 0.4) is 0 Å². The molecule has 1 fully saturated rings. The molecule has 1 aliphatic rings. The minimum atomic E-state index is 0.487. The number of ether oxygens (including phenoxy) is 2. The molecule has 1 saturated heterocycles. The minimum Gasteiger partial charge on any atom is -0.381 e. The van der Waals surface area contributed by atoms with Crippen molar-refractivity contribution in [2.45, 2.75) is 13.0 Å². The standard InChI is InChI=1S/C13H14ClNO2/c14-13-5-10(6-15)1-2-12(13)9-17-8-11-3-4-16-7-11/h1-2,5,11H,3-4,7-9H2. The van der Waals surface area contributed by atoms with E-state index in [1.165, 1.54) is 0 Å². The molecule has 0 radical (unpaired) electrons. The summed E-state index contributed by atoms with van der Waals surface area (Å²) in [4.78, 5) is 0. The van der Waals surface area contributed by atoms with E-state index in [9.17, 15) is 0 Å². The molecular formula is C13H14ClNO2. The Bertz CT molecular complexity index is 422. The molecule has 0 aromatic heterocycles. The third kappa shape index (κ3) is 3.44. The fraction of sp³-hybridized carbons (Fsp3) is 0.462. The van der Waals surface area contributed by atoms with Gasteiger partial charge < -0.3 is 9.47 Å². The van der Waals surface area contributed by atoms with E-state index in [-0.39, 0.29) is 0 Å². The largest absolute Gasteiger partial charge is 0.381 e. The first-order valence-electron chi connectivity index (χ1n) is 5.63. The minimum absolute atomic E-state index is 0.487. The highest BCUT2D eigenvalue weighted by Crippen LogP contribution is 2.19. The lowest BCUT2D eigenvalue weighted by Crippen LogP contribution is -2.09. The Morgan fingerprint density at radius 1 is 1.53 bits per heavy atom. The monoisotopic (exact) mass is 251 g/mol. The molecule has 17 heavy (non-hydrogen) atoms. The second-order valence-corrected chi connectivity index (χ2v) is 4.57. The zero-order valence-electron chi connectivity index (χ0n) is 9.49. The molecule has 0 saturated carbocycles. The van der Waals surface area contributed by atoms with E-state index in [1.54, 1.807) is 12.1 Å². The maximum absolute atomic E-state index is 8.72. The van der Waals surface area contributed by atoms with Crippen molar-refractivity contribution in [3.05, 3.63) is 34.3 Å². The summed E-state index contributed by atoms with van der Waals surface area (Å²) in [6.07, 6.45) is 1.07. The van der Waals surface area contributed by atoms with Crippen molar-refractivity contribution in [2.75, 3.05) is 19.8 Å². The van der Waals surface area contributed by atoms with E-state index in [1.807, 2.05) is 6.07 Å². The third-order valence-corrected chi connectivity index (χ3v) is 3.17. The van der Waals surface area contributed by atoms with Crippen molar-refractivity contribution < 1.29 is 9.47 Å². The third-order valence-electron chi connectivity index (χ3n) is 2.82. The zero-order chi connectivity index (χ0) is 12.1. The quantitative estimate of drug-likeness (QED) is 0.826. The molecule has 1 aliphatic heterocycles. The van der Waals surface area contributed by atoms with E-state index in [4.69, 9.17) is 26.3 Å². The average Bonchev–Trinajstić information content (AvgIpc) is 2.84. The highest BCUT2D eigenvalue weighted by atomic mass is 35.5. The average molecular weight is 252 g/mol. The second kappa shape index (κ2) is 6.02. The van der Waals surface area contributed by atoms with Gasteiger partial charge >= 0.3 is 0 Å². The summed E-state index contributed by atoms with van der Waals surface area (Å²) in [6, 6.07) is 7.31. The van der Waals surface area contributed by atoms with E-state index >= 15 is 0 Å². The summed E-state index contributed by atoms with van der Waals surface area (Å²) in [5.74, 6) is 0.507. The number of halogens is 1. The maximum Gasteiger partial charge on any atom is 0.0992 e. The molecular weight excluding hydrogens is 238 g/mol. The number of hydrogen-bond acceptors (Lipinski definition) is 3. The van der Waals surface area contributed by atoms with E-state index in [0.717, 1.165) is 25.2 Å². The number of benzene rings is 1. The van der Waals surface area contributed by atoms with E-state index < -0.39 is 0 Å². The summed E-state index contributed by atoms with van der Waals surface area (Å²) in [6.45, 7) is 2.82. The summed E-state index contributed by atoms with van der Waals surface area (Å²) in [7, 11) is 0. The molecule has 1 aromatic carbocycles. The molecule has 1 atom stereocenters. The van der Waals surface area contributed by atoms with Gasteiger partial charge in [0.1, 0.15) is 0 Å². The van der Waals surface area contributed by atoms with Crippen LogP contribution in [0.5, 0.6) is 0 Å². The number of nitrogens with zero attached hydrogens (tertiary/aromatic N) is 1. The molecule has 1 unspecified atom stereocenters. The van der Waals surface area contributed by atoms with Gasteiger partial charge in [-0.15, -0.1) is 0 Å². The molecule has 0 spiro atoms. The molecule has 90 valence electrons. The summed E-state index contributed by atoms with van der Waals surface area (Å²) in [5.41, 5.74) is 1.49.